The summed E-state index contributed by atoms with van der Waals surface area (Å²) in [6.07, 6.45) is 2.36. The largest absolute Gasteiger partial charge is 0.384 e. The van der Waals surface area contributed by atoms with E-state index in [1.54, 1.807) is 17.2 Å². The molecule has 0 spiro atoms. The fourth-order valence-electron chi connectivity index (χ4n) is 4.01. The molecule has 29 heavy (non-hydrogen) atoms. The Balaban J connectivity index is 1.50. The molecule has 0 saturated carbocycles. The molecule has 0 bridgehead atoms. The van der Waals surface area contributed by atoms with Gasteiger partial charge in [-0.3, -0.25) is 24.6 Å². The molecule has 2 aliphatic rings. The first kappa shape index (κ1) is 19.1. The number of aromatic nitrogens is 1. The number of nitrogens with two attached hydrogens (primary N) is 1. The van der Waals surface area contributed by atoms with Gasteiger partial charge in [0.15, 0.2) is 0 Å². The predicted molar refractivity (Wildman–Crippen MR) is 106 cm³/mol. The van der Waals surface area contributed by atoms with Gasteiger partial charge in [-0.2, -0.15) is 0 Å². The normalized spacial score (nSPS) is 18.9. The summed E-state index contributed by atoms with van der Waals surface area (Å²) in [4.78, 5) is 44.6. The number of amides is 3. The van der Waals surface area contributed by atoms with Gasteiger partial charge >= 0.3 is 0 Å². The average Bonchev–Trinajstić information content (AvgIpc) is 3.01. The van der Waals surface area contributed by atoms with Crippen LogP contribution in [0.2, 0.25) is 0 Å². The number of anilines is 1. The van der Waals surface area contributed by atoms with Crippen LogP contribution in [0.1, 0.15) is 39.9 Å². The van der Waals surface area contributed by atoms with Crippen LogP contribution in [0.4, 0.5) is 5.82 Å². The molecule has 1 fully saturated rings. The lowest BCUT2D eigenvalue weighted by atomic mass is 10.0. The van der Waals surface area contributed by atoms with E-state index >= 15 is 0 Å². The summed E-state index contributed by atoms with van der Waals surface area (Å²) in [5.41, 5.74) is 9.18. The second-order valence-electron chi connectivity index (χ2n) is 7.61. The quantitative estimate of drug-likeness (QED) is 0.736. The molecule has 3 amide bonds. The summed E-state index contributed by atoms with van der Waals surface area (Å²) in [5, 5.41) is 2.34. The maximum Gasteiger partial charge on any atom is 0.255 e. The van der Waals surface area contributed by atoms with E-state index in [1.807, 2.05) is 31.3 Å². The van der Waals surface area contributed by atoms with Crippen LogP contribution in [0, 0.1) is 0 Å². The van der Waals surface area contributed by atoms with Crippen molar-refractivity contribution in [2.45, 2.75) is 38.5 Å². The summed E-state index contributed by atoms with van der Waals surface area (Å²) < 4.78 is 0. The number of pyridine rings is 1. The molecule has 150 valence electrons. The minimum atomic E-state index is -0.598. The molecule has 0 radical (unpaired) electrons. The number of nitrogens with zero attached hydrogens (tertiary/aromatic N) is 3. The molecule has 3 N–H and O–H groups in total. The second kappa shape index (κ2) is 7.63. The van der Waals surface area contributed by atoms with Crippen LogP contribution in [0.5, 0.6) is 0 Å². The van der Waals surface area contributed by atoms with Crippen molar-refractivity contribution in [2.75, 3.05) is 12.8 Å². The van der Waals surface area contributed by atoms with Gasteiger partial charge in [0.25, 0.3) is 5.91 Å². The molecule has 8 nitrogen and oxygen atoms in total. The van der Waals surface area contributed by atoms with Crippen molar-refractivity contribution in [3.63, 3.8) is 0 Å². The summed E-state index contributed by atoms with van der Waals surface area (Å²) in [6.45, 7) is 1.64. The lowest BCUT2D eigenvalue weighted by Gasteiger charge is -2.29. The van der Waals surface area contributed by atoms with Gasteiger partial charge in [-0.05, 0) is 36.2 Å². The number of piperidine rings is 1. The highest BCUT2D eigenvalue weighted by molar-refractivity contribution is 6.05. The van der Waals surface area contributed by atoms with Crippen molar-refractivity contribution in [1.29, 1.82) is 0 Å². The number of carbonyl (C=O) groups is 3. The van der Waals surface area contributed by atoms with Gasteiger partial charge in [-0.1, -0.05) is 24.3 Å². The van der Waals surface area contributed by atoms with Gasteiger partial charge in [0, 0.05) is 37.8 Å². The summed E-state index contributed by atoms with van der Waals surface area (Å²) >= 11 is 0. The molecule has 8 heteroatoms. The molecule has 4 rings (SSSR count). The number of benzene rings is 1. The van der Waals surface area contributed by atoms with E-state index in [4.69, 9.17) is 5.73 Å². The predicted octanol–water partition coefficient (Wildman–Crippen LogP) is 1.06. The molecule has 2 aromatic rings. The fraction of sp³-hybridized carbons (Fsp3) is 0.333. The van der Waals surface area contributed by atoms with Crippen LogP contribution in [0.15, 0.2) is 36.5 Å². The van der Waals surface area contributed by atoms with Crippen molar-refractivity contribution in [1.82, 2.24) is 20.1 Å². The molecule has 0 aliphatic carbocycles. The number of fused-ring (bicyclic) bond motifs is 1. The SMILES string of the molecule is CN(Cc1ccc(N)nc1)Cc1cccc2c1C(=O)N(C1CCC(=O)NC1=O)C2. The van der Waals surface area contributed by atoms with E-state index in [-0.39, 0.29) is 18.2 Å². The molecule has 1 aromatic carbocycles. The highest BCUT2D eigenvalue weighted by Gasteiger charge is 2.39. The van der Waals surface area contributed by atoms with Crippen LogP contribution in [0.25, 0.3) is 0 Å². The Labute approximate surface area is 168 Å². The van der Waals surface area contributed by atoms with Crippen molar-refractivity contribution >= 4 is 23.5 Å². The summed E-state index contributed by atoms with van der Waals surface area (Å²) in [5.74, 6) is -0.337. The zero-order valence-electron chi connectivity index (χ0n) is 16.2. The Bertz CT molecular complexity index is 973. The molecule has 1 atom stereocenters. The Hall–Kier alpha value is -3.26. The molecule has 1 saturated heterocycles. The van der Waals surface area contributed by atoms with E-state index in [0.29, 0.717) is 37.4 Å². The number of imide groups is 1. The van der Waals surface area contributed by atoms with E-state index in [1.165, 1.54) is 0 Å². The monoisotopic (exact) mass is 393 g/mol. The molecular weight excluding hydrogens is 370 g/mol. The minimum absolute atomic E-state index is 0.146. The third kappa shape index (κ3) is 3.84. The Morgan fingerprint density at radius 2 is 2.03 bits per heavy atom. The maximum atomic E-state index is 13.1. The molecule has 1 unspecified atom stereocenters. The van der Waals surface area contributed by atoms with Crippen LogP contribution < -0.4 is 11.1 Å². The topological polar surface area (TPSA) is 109 Å². The highest BCUT2D eigenvalue weighted by atomic mass is 16.2. The Morgan fingerprint density at radius 3 is 2.76 bits per heavy atom. The van der Waals surface area contributed by atoms with Crippen molar-refractivity contribution in [2.24, 2.45) is 0 Å². The van der Waals surface area contributed by atoms with Crippen molar-refractivity contribution < 1.29 is 14.4 Å². The summed E-state index contributed by atoms with van der Waals surface area (Å²) in [6, 6.07) is 8.91. The smallest absolute Gasteiger partial charge is 0.255 e. The first-order valence-corrected chi connectivity index (χ1v) is 9.57. The van der Waals surface area contributed by atoms with Gasteiger partial charge in [-0.25, -0.2) is 4.98 Å². The second-order valence-corrected chi connectivity index (χ2v) is 7.61. The first-order chi connectivity index (χ1) is 13.9. The maximum absolute atomic E-state index is 13.1. The lowest BCUT2D eigenvalue weighted by Crippen LogP contribution is -2.52. The fourth-order valence-corrected chi connectivity index (χ4v) is 4.01. The standard InChI is InChI=1S/C21H23N5O3/c1-25(10-13-5-7-17(22)23-9-13)11-14-3-2-4-15-12-26(21(29)19(14)15)16-6-8-18(27)24-20(16)28/h2-5,7,9,16H,6,8,10-12H2,1H3,(H2,22,23)(H,24,27,28). The highest BCUT2D eigenvalue weighted by Crippen LogP contribution is 2.30. The van der Waals surface area contributed by atoms with E-state index in [0.717, 1.165) is 16.7 Å². The first-order valence-electron chi connectivity index (χ1n) is 9.57. The van der Waals surface area contributed by atoms with Crippen LogP contribution in [-0.2, 0) is 29.2 Å². The minimum Gasteiger partial charge on any atom is -0.384 e. The van der Waals surface area contributed by atoms with Gasteiger partial charge in [0.2, 0.25) is 11.8 Å². The lowest BCUT2D eigenvalue weighted by molar-refractivity contribution is -0.136. The molecule has 3 heterocycles. The number of hydrogen-bond acceptors (Lipinski definition) is 6. The van der Waals surface area contributed by atoms with Gasteiger partial charge < -0.3 is 10.6 Å². The van der Waals surface area contributed by atoms with Crippen LogP contribution in [-0.4, -0.2) is 45.6 Å². The van der Waals surface area contributed by atoms with Crippen molar-refractivity contribution in [3.8, 4) is 0 Å². The van der Waals surface area contributed by atoms with Crippen LogP contribution >= 0.6 is 0 Å². The zero-order valence-corrected chi connectivity index (χ0v) is 16.2. The number of carbonyl (C=O) groups excluding carboxylic acids is 3. The number of hydrogen-bond donors (Lipinski definition) is 2. The average molecular weight is 393 g/mol. The van der Waals surface area contributed by atoms with Gasteiger partial charge in [0.05, 0.1) is 0 Å². The number of nitrogens with one attached hydrogen (secondary N) is 1. The summed E-state index contributed by atoms with van der Waals surface area (Å²) in [7, 11) is 1.98. The third-order valence-electron chi connectivity index (χ3n) is 5.38. The third-order valence-corrected chi connectivity index (χ3v) is 5.38. The Kier molecular flexibility index (Phi) is 5.02. The van der Waals surface area contributed by atoms with E-state index < -0.39 is 11.9 Å². The molecule has 2 aliphatic heterocycles. The van der Waals surface area contributed by atoms with Crippen LogP contribution in [0.3, 0.4) is 0 Å². The molecular formula is C21H23N5O3. The van der Waals surface area contributed by atoms with Crippen molar-refractivity contribution in [3.05, 3.63) is 58.8 Å². The number of nitrogen functional groups attached to an aromatic ring is 1. The zero-order chi connectivity index (χ0) is 20.5. The van der Waals surface area contributed by atoms with Gasteiger partial charge in [-0.15, -0.1) is 0 Å². The van der Waals surface area contributed by atoms with E-state index in [2.05, 4.69) is 15.2 Å². The number of rotatable bonds is 5. The van der Waals surface area contributed by atoms with E-state index in [9.17, 15) is 14.4 Å². The van der Waals surface area contributed by atoms with Gasteiger partial charge in [0.1, 0.15) is 11.9 Å². The molecule has 1 aromatic heterocycles. The Morgan fingerprint density at radius 1 is 1.21 bits per heavy atom.